The molecule has 2 aromatic rings. The minimum Gasteiger partial charge on any atom is -0.492 e. The molecule has 2 rings (SSSR count). The molecule has 1 amide bonds. The highest BCUT2D eigenvalue weighted by Crippen LogP contribution is 2.49. The van der Waals surface area contributed by atoms with Crippen molar-refractivity contribution in [3.8, 4) is 11.5 Å². The second-order valence-electron chi connectivity index (χ2n) is 5.38. The van der Waals surface area contributed by atoms with Gasteiger partial charge in [-0.05, 0) is 53.4 Å². The van der Waals surface area contributed by atoms with Crippen LogP contribution in [0.5, 0.6) is 11.5 Å². The molecule has 0 aromatic heterocycles. The first-order valence-corrected chi connectivity index (χ1v) is 10.2. The fraction of sp³-hybridized carbons (Fsp3) is 0.278. The number of amides is 1. The van der Waals surface area contributed by atoms with E-state index in [1.54, 1.807) is 0 Å². The van der Waals surface area contributed by atoms with Crippen molar-refractivity contribution in [2.45, 2.75) is 12.7 Å². The first-order valence-electron chi connectivity index (χ1n) is 7.81. The van der Waals surface area contributed by atoms with Crippen LogP contribution in [0.4, 0.5) is 4.79 Å². The van der Waals surface area contributed by atoms with Gasteiger partial charge >= 0.3 is 6.09 Å². The third-order valence-corrected chi connectivity index (χ3v) is 6.56. The molecular weight excluding hydrogens is 550 g/mol. The smallest absolute Gasteiger partial charge is 0.407 e. The van der Waals surface area contributed by atoms with Gasteiger partial charge in [-0.25, -0.2) is 4.79 Å². The summed E-state index contributed by atoms with van der Waals surface area (Å²) in [6.45, 7) is 0.102. The Bertz CT molecular complexity index is 802. The largest absolute Gasteiger partial charge is 0.492 e. The molecule has 0 saturated heterocycles. The van der Waals surface area contributed by atoms with Gasteiger partial charge in [0.2, 0.25) is 0 Å². The zero-order valence-electron chi connectivity index (χ0n) is 14.6. The Balaban J connectivity index is 2.06. The number of methoxy groups -OCH3 is 2. The second kappa shape index (κ2) is 10.3. The van der Waals surface area contributed by atoms with Crippen molar-refractivity contribution in [1.82, 2.24) is 5.32 Å². The first-order chi connectivity index (χ1) is 12.9. The Labute approximate surface area is 182 Å². The number of aliphatic hydroxyl groups excluding tert-OH is 1. The van der Waals surface area contributed by atoms with Gasteiger partial charge in [-0.1, -0.05) is 30.3 Å². The van der Waals surface area contributed by atoms with E-state index < -0.39 is 12.2 Å². The van der Waals surface area contributed by atoms with Gasteiger partial charge in [0.25, 0.3) is 0 Å². The molecule has 146 valence electrons. The molecule has 0 heterocycles. The lowest BCUT2D eigenvalue weighted by Crippen LogP contribution is -2.29. The molecular formula is C18H18Br3NO5. The van der Waals surface area contributed by atoms with E-state index >= 15 is 0 Å². The van der Waals surface area contributed by atoms with Crippen LogP contribution in [0.2, 0.25) is 0 Å². The Morgan fingerprint density at radius 1 is 1.04 bits per heavy atom. The number of halogens is 3. The molecule has 0 radical (unpaired) electrons. The highest BCUT2D eigenvalue weighted by molar-refractivity contribution is 9.13. The monoisotopic (exact) mass is 565 g/mol. The van der Waals surface area contributed by atoms with E-state index in [1.165, 1.54) is 14.2 Å². The second-order valence-corrected chi connectivity index (χ2v) is 7.76. The van der Waals surface area contributed by atoms with Crippen LogP contribution >= 0.6 is 47.8 Å². The molecule has 0 bridgehead atoms. The number of benzene rings is 2. The number of ether oxygens (including phenoxy) is 3. The van der Waals surface area contributed by atoms with Crippen LogP contribution in [0.25, 0.3) is 0 Å². The summed E-state index contributed by atoms with van der Waals surface area (Å²) >= 11 is 10.3. The summed E-state index contributed by atoms with van der Waals surface area (Å²) in [6.07, 6.45) is -1.64. The fourth-order valence-electron chi connectivity index (χ4n) is 2.35. The third-order valence-electron chi connectivity index (χ3n) is 3.66. The minimum absolute atomic E-state index is 0.0489. The standard InChI is InChI=1S/C18H18Br3NO5/c1-25-16-14(20)12(13(19)15(21)17(16)26-2)11(23)8-22-18(24)27-9-10-6-4-3-5-7-10/h3-7,11,23H,8-9H2,1-2H3,(H,22,24). The van der Waals surface area contributed by atoms with Crippen LogP contribution < -0.4 is 14.8 Å². The molecule has 0 spiro atoms. The number of aliphatic hydroxyl groups is 1. The molecule has 6 nitrogen and oxygen atoms in total. The van der Waals surface area contributed by atoms with Crippen molar-refractivity contribution >= 4 is 53.9 Å². The lowest BCUT2D eigenvalue weighted by Gasteiger charge is -2.21. The van der Waals surface area contributed by atoms with Gasteiger partial charge in [-0.2, -0.15) is 0 Å². The van der Waals surface area contributed by atoms with Gasteiger partial charge in [0.1, 0.15) is 6.61 Å². The highest BCUT2D eigenvalue weighted by Gasteiger charge is 2.26. The van der Waals surface area contributed by atoms with Crippen molar-refractivity contribution in [2.24, 2.45) is 0 Å². The maximum Gasteiger partial charge on any atom is 0.407 e. The van der Waals surface area contributed by atoms with Crippen LogP contribution in [-0.2, 0) is 11.3 Å². The lowest BCUT2D eigenvalue weighted by atomic mass is 10.1. The van der Waals surface area contributed by atoms with E-state index in [0.717, 1.165) is 5.56 Å². The molecule has 2 N–H and O–H groups in total. The molecule has 0 fully saturated rings. The Hall–Kier alpha value is -1.29. The van der Waals surface area contributed by atoms with E-state index in [9.17, 15) is 9.90 Å². The molecule has 0 aliphatic rings. The lowest BCUT2D eigenvalue weighted by molar-refractivity contribution is 0.125. The number of hydrogen-bond acceptors (Lipinski definition) is 5. The van der Waals surface area contributed by atoms with Crippen molar-refractivity contribution in [3.05, 3.63) is 54.9 Å². The molecule has 9 heteroatoms. The molecule has 1 unspecified atom stereocenters. The quantitative estimate of drug-likeness (QED) is 0.463. The summed E-state index contributed by atoms with van der Waals surface area (Å²) in [6, 6.07) is 9.33. The third kappa shape index (κ3) is 5.37. The predicted octanol–water partition coefficient (Wildman–Crippen LogP) is 4.95. The fourth-order valence-corrected chi connectivity index (χ4v) is 4.62. The van der Waals surface area contributed by atoms with Crippen LogP contribution in [0.1, 0.15) is 17.2 Å². The predicted molar refractivity (Wildman–Crippen MR) is 112 cm³/mol. The summed E-state index contributed by atoms with van der Waals surface area (Å²) in [5.74, 6) is 0.899. The number of nitrogens with one attached hydrogen (secondary N) is 1. The topological polar surface area (TPSA) is 77.0 Å². The number of carbonyl (C=O) groups is 1. The summed E-state index contributed by atoms with van der Waals surface area (Å²) in [7, 11) is 3.01. The highest BCUT2D eigenvalue weighted by atomic mass is 79.9. The molecule has 27 heavy (non-hydrogen) atoms. The van der Waals surface area contributed by atoms with E-state index in [1.807, 2.05) is 30.3 Å². The Morgan fingerprint density at radius 2 is 1.63 bits per heavy atom. The summed E-state index contributed by atoms with van der Waals surface area (Å²) in [4.78, 5) is 11.9. The van der Waals surface area contributed by atoms with Crippen LogP contribution in [0.3, 0.4) is 0 Å². The van der Waals surface area contributed by atoms with Crippen LogP contribution in [0.15, 0.2) is 43.7 Å². The average Bonchev–Trinajstić information content (AvgIpc) is 2.68. The van der Waals surface area contributed by atoms with Gasteiger partial charge in [-0.15, -0.1) is 0 Å². The normalized spacial score (nSPS) is 11.6. The molecule has 2 aromatic carbocycles. The van der Waals surface area contributed by atoms with Gasteiger partial charge in [0, 0.05) is 10.0 Å². The average molecular weight is 568 g/mol. The Kier molecular flexibility index (Phi) is 8.40. The van der Waals surface area contributed by atoms with E-state index in [4.69, 9.17) is 14.2 Å². The van der Waals surface area contributed by atoms with E-state index in [2.05, 4.69) is 53.1 Å². The first kappa shape index (κ1) is 22.0. The van der Waals surface area contributed by atoms with Crippen LogP contribution in [0, 0.1) is 0 Å². The van der Waals surface area contributed by atoms with Crippen molar-refractivity contribution < 1.29 is 24.1 Å². The molecule has 0 aliphatic heterocycles. The van der Waals surface area contributed by atoms with Gasteiger partial charge < -0.3 is 24.6 Å². The Morgan fingerprint density at radius 3 is 2.22 bits per heavy atom. The zero-order chi connectivity index (χ0) is 20.0. The molecule has 0 saturated carbocycles. The SMILES string of the molecule is COc1c(Br)c(Br)c(C(O)CNC(=O)OCc2ccccc2)c(Br)c1OC. The summed E-state index contributed by atoms with van der Waals surface area (Å²) < 4.78 is 17.5. The van der Waals surface area contributed by atoms with Gasteiger partial charge in [0.05, 0.1) is 35.8 Å². The number of rotatable bonds is 7. The van der Waals surface area contributed by atoms with Crippen LogP contribution in [-0.4, -0.2) is 32.0 Å². The number of carbonyl (C=O) groups excluding carboxylic acids is 1. The van der Waals surface area contributed by atoms with Crippen molar-refractivity contribution in [1.29, 1.82) is 0 Å². The van der Waals surface area contributed by atoms with Gasteiger partial charge in [0.15, 0.2) is 11.5 Å². The number of alkyl carbamates (subject to hydrolysis) is 1. The van der Waals surface area contributed by atoms with Crippen molar-refractivity contribution in [2.75, 3.05) is 20.8 Å². The van der Waals surface area contributed by atoms with Gasteiger partial charge in [-0.3, -0.25) is 0 Å². The van der Waals surface area contributed by atoms with Crippen molar-refractivity contribution in [3.63, 3.8) is 0 Å². The van der Waals surface area contributed by atoms with E-state index in [-0.39, 0.29) is 13.2 Å². The maximum atomic E-state index is 11.9. The zero-order valence-corrected chi connectivity index (χ0v) is 19.4. The molecule has 1 atom stereocenters. The summed E-state index contributed by atoms with van der Waals surface area (Å²) in [5.41, 5.74) is 1.38. The molecule has 0 aliphatic carbocycles. The summed E-state index contributed by atoms with van der Waals surface area (Å²) in [5, 5.41) is 13.1. The van der Waals surface area contributed by atoms with E-state index in [0.29, 0.717) is 30.5 Å². The minimum atomic E-state index is -1.02. The number of hydrogen-bond donors (Lipinski definition) is 2. The maximum absolute atomic E-state index is 11.9.